The van der Waals surface area contributed by atoms with Crippen molar-refractivity contribution in [3.63, 3.8) is 0 Å². The van der Waals surface area contributed by atoms with Crippen LogP contribution in [-0.4, -0.2) is 26.1 Å². The van der Waals surface area contributed by atoms with Gasteiger partial charge in [-0.1, -0.05) is 41.6 Å². The zero-order chi connectivity index (χ0) is 17.1. The molecule has 5 nitrogen and oxygen atoms in total. The number of rotatable bonds is 3. The van der Waals surface area contributed by atoms with Gasteiger partial charge in [-0.25, -0.2) is 0 Å². The Bertz CT molecular complexity index is 855. The molecule has 1 aliphatic rings. The van der Waals surface area contributed by atoms with E-state index in [4.69, 9.17) is 23.8 Å². The Morgan fingerprint density at radius 2 is 2.08 bits per heavy atom. The van der Waals surface area contributed by atoms with Gasteiger partial charge in [0.1, 0.15) is 0 Å². The van der Waals surface area contributed by atoms with Gasteiger partial charge in [0.25, 0.3) is 11.8 Å². The molecule has 2 heterocycles. The number of pyridine rings is 1. The SMILES string of the molecule is O=C(NN1C(=O)/C(=C/c2ccccc2Cl)SC1=S)c1cccnc1. The molecule has 24 heavy (non-hydrogen) atoms. The molecule has 2 amide bonds. The highest BCUT2D eigenvalue weighted by Crippen LogP contribution is 2.32. The number of nitrogens with zero attached hydrogens (tertiary/aromatic N) is 2. The molecule has 0 unspecified atom stereocenters. The van der Waals surface area contributed by atoms with Crippen LogP contribution in [0.15, 0.2) is 53.7 Å². The minimum atomic E-state index is -0.460. The number of thiocarbonyl (C=S) groups is 1. The van der Waals surface area contributed by atoms with Gasteiger partial charge in [-0.2, -0.15) is 5.01 Å². The van der Waals surface area contributed by atoms with Crippen LogP contribution in [0.1, 0.15) is 15.9 Å². The second-order valence-electron chi connectivity index (χ2n) is 4.72. The topological polar surface area (TPSA) is 62.3 Å². The van der Waals surface area contributed by atoms with Crippen LogP contribution in [0.25, 0.3) is 6.08 Å². The van der Waals surface area contributed by atoms with Gasteiger partial charge in [-0.15, -0.1) is 0 Å². The summed E-state index contributed by atoms with van der Waals surface area (Å²) >= 11 is 12.4. The zero-order valence-corrected chi connectivity index (χ0v) is 14.5. The van der Waals surface area contributed by atoms with E-state index in [0.717, 1.165) is 16.8 Å². The number of hydrogen-bond acceptors (Lipinski definition) is 5. The Morgan fingerprint density at radius 3 is 2.79 bits per heavy atom. The lowest BCUT2D eigenvalue weighted by Crippen LogP contribution is -2.44. The van der Waals surface area contributed by atoms with E-state index in [1.807, 2.05) is 6.07 Å². The molecule has 0 aliphatic carbocycles. The number of halogens is 1. The van der Waals surface area contributed by atoms with Gasteiger partial charge in [0.2, 0.25) is 0 Å². The highest BCUT2D eigenvalue weighted by atomic mass is 35.5. The minimum Gasteiger partial charge on any atom is -0.267 e. The van der Waals surface area contributed by atoms with E-state index in [0.29, 0.717) is 21.1 Å². The molecule has 0 spiro atoms. The fourth-order valence-corrected chi connectivity index (χ4v) is 3.32. The van der Waals surface area contributed by atoms with E-state index in [-0.39, 0.29) is 4.32 Å². The van der Waals surface area contributed by atoms with E-state index in [1.54, 1.807) is 42.6 Å². The van der Waals surface area contributed by atoms with E-state index in [2.05, 4.69) is 10.4 Å². The molecule has 2 aromatic rings. The van der Waals surface area contributed by atoms with Gasteiger partial charge in [-0.3, -0.25) is 20.0 Å². The van der Waals surface area contributed by atoms with Gasteiger partial charge in [-0.05, 0) is 42.1 Å². The molecule has 1 fully saturated rings. The number of carbonyl (C=O) groups excluding carboxylic acids is 2. The fourth-order valence-electron chi connectivity index (χ4n) is 1.96. The molecule has 8 heteroatoms. The first kappa shape index (κ1) is 16.6. The highest BCUT2D eigenvalue weighted by molar-refractivity contribution is 8.26. The summed E-state index contributed by atoms with van der Waals surface area (Å²) < 4.78 is 0.246. The smallest absolute Gasteiger partial charge is 0.267 e. The summed E-state index contributed by atoms with van der Waals surface area (Å²) in [5.74, 6) is -0.861. The fraction of sp³-hybridized carbons (Fsp3) is 0. The number of carbonyl (C=O) groups is 2. The summed E-state index contributed by atoms with van der Waals surface area (Å²) in [6, 6.07) is 10.4. The molecule has 1 aliphatic heterocycles. The predicted molar refractivity (Wildman–Crippen MR) is 98.2 cm³/mol. The largest absolute Gasteiger partial charge is 0.285 e. The quantitative estimate of drug-likeness (QED) is 0.659. The third-order valence-corrected chi connectivity index (χ3v) is 4.77. The lowest BCUT2D eigenvalue weighted by atomic mass is 10.2. The molecule has 1 aromatic carbocycles. The second-order valence-corrected chi connectivity index (χ2v) is 6.80. The number of nitrogens with one attached hydrogen (secondary N) is 1. The van der Waals surface area contributed by atoms with Crippen LogP contribution in [0.3, 0.4) is 0 Å². The van der Waals surface area contributed by atoms with Crippen LogP contribution < -0.4 is 5.43 Å². The van der Waals surface area contributed by atoms with Crippen LogP contribution in [0.2, 0.25) is 5.02 Å². The van der Waals surface area contributed by atoms with Crippen LogP contribution in [0.4, 0.5) is 0 Å². The summed E-state index contributed by atoms with van der Waals surface area (Å²) in [5, 5.41) is 1.58. The first-order valence-corrected chi connectivity index (χ1v) is 8.40. The summed E-state index contributed by atoms with van der Waals surface area (Å²) in [5.41, 5.74) is 3.54. The van der Waals surface area contributed by atoms with E-state index >= 15 is 0 Å². The Labute approximate surface area is 152 Å². The van der Waals surface area contributed by atoms with Gasteiger partial charge < -0.3 is 0 Å². The van der Waals surface area contributed by atoms with Crippen LogP contribution in [-0.2, 0) is 4.79 Å². The van der Waals surface area contributed by atoms with Crippen LogP contribution in [0.5, 0.6) is 0 Å². The summed E-state index contributed by atoms with van der Waals surface area (Å²) in [6.07, 6.45) is 4.62. The first-order valence-electron chi connectivity index (χ1n) is 6.80. The molecule has 0 atom stereocenters. The maximum absolute atomic E-state index is 12.5. The van der Waals surface area contributed by atoms with Crippen molar-refractivity contribution in [3.8, 4) is 0 Å². The molecule has 1 aromatic heterocycles. The number of thioether (sulfide) groups is 1. The second kappa shape index (κ2) is 7.12. The van der Waals surface area contributed by atoms with E-state index in [1.165, 1.54) is 6.20 Å². The number of hydrazine groups is 1. The molecular formula is C16H10ClN3O2S2. The average molecular weight is 376 g/mol. The molecular weight excluding hydrogens is 366 g/mol. The van der Waals surface area contributed by atoms with Crippen molar-refractivity contribution in [3.05, 3.63) is 69.8 Å². The van der Waals surface area contributed by atoms with Gasteiger partial charge >= 0.3 is 0 Å². The Hall–Kier alpha value is -2.22. The molecule has 1 N–H and O–H groups in total. The number of amides is 2. The number of hydrogen-bond donors (Lipinski definition) is 1. The molecule has 0 saturated carbocycles. The van der Waals surface area contributed by atoms with Crippen molar-refractivity contribution in [1.29, 1.82) is 0 Å². The van der Waals surface area contributed by atoms with Crippen molar-refractivity contribution in [1.82, 2.24) is 15.4 Å². The van der Waals surface area contributed by atoms with Crippen molar-refractivity contribution < 1.29 is 9.59 Å². The minimum absolute atomic E-state index is 0.246. The van der Waals surface area contributed by atoms with Crippen LogP contribution >= 0.6 is 35.6 Å². The average Bonchev–Trinajstić information content (AvgIpc) is 2.85. The summed E-state index contributed by atoms with van der Waals surface area (Å²) in [4.78, 5) is 28.9. The third-order valence-electron chi connectivity index (χ3n) is 3.12. The number of aromatic nitrogens is 1. The molecule has 120 valence electrons. The Kier molecular flexibility index (Phi) is 4.94. The van der Waals surface area contributed by atoms with Gasteiger partial charge in [0, 0.05) is 17.4 Å². The number of benzene rings is 1. The van der Waals surface area contributed by atoms with Crippen molar-refractivity contribution in [2.45, 2.75) is 0 Å². The van der Waals surface area contributed by atoms with Crippen molar-refractivity contribution in [2.75, 3.05) is 0 Å². The van der Waals surface area contributed by atoms with E-state index < -0.39 is 11.8 Å². The van der Waals surface area contributed by atoms with Crippen molar-refractivity contribution >= 4 is 57.8 Å². The molecule has 1 saturated heterocycles. The van der Waals surface area contributed by atoms with Crippen molar-refractivity contribution in [2.24, 2.45) is 0 Å². The standard InChI is InChI=1S/C16H10ClN3O2S2/c17-12-6-2-1-4-10(12)8-13-15(22)20(16(23)24-13)19-14(21)11-5-3-7-18-9-11/h1-9H,(H,19,21)/b13-8-. The maximum Gasteiger partial charge on any atom is 0.285 e. The Morgan fingerprint density at radius 1 is 1.29 bits per heavy atom. The lowest BCUT2D eigenvalue weighted by Gasteiger charge is -2.15. The monoisotopic (exact) mass is 375 g/mol. The summed E-state index contributed by atoms with van der Waals surface area (Å²) in [6.45, 7) is 0. The summed E-state index contributed by atoms with van der Waals surface area (Å²) in [7, 11) is 0. The van der Waals surface area contributed by atoms with E-state index in [9.17, 15) is 9.59 Å². The van der Waals surface area contributed by atoms with Gasteiger partial charge in [0.15, 0.2) is 4.32 Å². The molecule has 3 rings (SSSR count). The third kappa shape index (κ3) is 3.48. The zero-order valence-electron chi connectivity index (χ0n) is 12.1. The first-order chi connectivity index (χ1) is 11.6. The lowest BCUT2D eigenvalue weighted by molar-refractivity contribution is -0.123. The maximum atomic E-state index is 12.5. The normalized spacial score (nSPS) is 15.9. The molecule has 0 bridgehead atoms. The predicted octanol–water partition coefficient (Wildman–Crippen LogP) is 3.28. The Balaban J connectivity index is 1.80. The van der Waals surface area contributed by atoms with Crippen LogP contribution in [0, 0.1) is 0 Å². The van der Waals surface area contributed by atoms with Gasteiger partial charge in [0.05, 0.1) is 10.5 Å². The highest BCUT2D eigenvalue weighted by Gasteiger charge is 2.33. The molecule has 0 radical (unpaired) electrons.